The van der Waals surface area contributed by atoms with Gasteiger partial charge in [0, 0.05) is 29.2 Å². The van der Waals surface area contributed by atoms with Gasteiger partial charge in [-0.2, -0.15) is 0 Å². The minimum absolute atomic E-state index is 0.306. The van der Waals surface area contributed by atoms with Crippen molar-refractivity contribution in [3.8, 4) is 0 Å². The summed E-state index contributed by atoms with van der Waals surface area (Å²) in [6.07, 6.45) is 3.41. The van der Waals surface area contributed by atoms with Gasteiger partial charge in [0.05, 0.1) is 0 Å². The molecule has 0 fully saturated rings. The molecule has 1 unspecified atom stereocenters. The van der Waals surface area contributed by atoms with E-state index in [1.54, 1.807) is 12.4 Å². The molecule has 0 bridgehead atoms. The number of rotatable bonds is 1. The van der Waals surface area contributed by atoms with Crippen LogP contribution in [0.5, 0.6) is 0 Å². The summed E-state index contributed by atoms with van der Waals surface area (Å²) in [6, 6.07) is 11.4. The van der Waals surface area contributed by atoms with E-state index in [2.05, 4.69) is 15.3 Å². The van der Waals surface area contributed by atoms with Gasteiger partial charge in [-0.1, -0.05) is 24.3 Å². The maximum absolute atomic E-state index is 6.43. The molecule has 1 aliphatic rings. The lowest BCUT2D eigenvalue weighted by Crippen LogP contribution is -2.44. The number of aliphatic imine (C=N–C) groups is 1. The Balaban J connectivity index is 2.24. The van der Waals surface area contributed by atoms with E-state index in [0.29, 0.717) is 5.96 Å². The molecule has 2 aromatic rings. The molecule has 1 aliphatic heterocycles. The highest BCUT2D eigenvalue weighted by atomic mass is 15.2. The molecule has 1 aromatic heterocycles. The van der Waals surface area contributed by atoms with Crippen molar-refractivity contribution >= 4 is 11.6 Å². The zero-order valence-corrected chi connectivity index (χ0v) is 9.67. The molecule has 5 nitrogen and oxygen atoms in total. The summed E-state index contributed by atoms with van der Waals surface area (Å²) >= 11 is 0. The first-order valence-electron chi connectivity index (χ1n) is 5.61. The fraction of sp³-hybridized carbons (Fsp3) is 0.0769. The number of guanidine groups is 1. The van der Waals surface area contributed by atoms with Crippen molar-refractivity contribution in [1.29, 1.82) is 0 Å². The third kappa shape index (κ3) is 1.53. The van der Waals surface area contributed by atoms with Gasteiger partial charge in [0.2, 0.25) is 0 Å². The highest BCUT2D eigenvalue weighted by Crippen LogP contribution is 2.35. The minimum atomic E-state index is -0.986. The van der Waals surface area contributed by atoms with Crippen molar-refractivity contribution in [2.75, 3.05) is 5.32 Å². The van der Waals surface area contributed by atoms with Crippen LogP contribution in [0.2, 0.25) is 0 Å². The van der Waals surface area contributed by atoms with Crippen molar-refractivity contribution in [3.63, 3.8) is 0 Å². The summed E-state index contributed by atoms with van der Waals surface area (Å²) in [4.78, 5) is 8.44. The van der Waals surface area contributed by atoms with Gasteiger partial charge in [0.15, 0.2) is 11.6 Å². The Bertz CT molecular complexity index is 608. The van der Waals surface area contributed by atoms with Crippen molar-refractivity contribution in [3.05, 3.63) is 59.9 Å². The number of aromatic nitrogens is 1. The van der Waals surface area contributed by atoms with Gasteiger partial charge >= 0.3 is 0 Å². The average Bonchev–Trinajstić information content (AvgIpc) is 2.39. The zero-order chi connectivity index (χ0) is 12.6. The molecule has 90 valence electrons. The molecule has 0 saturated heterocycles. The predicted molar refractivity (Wildman–Crippen MR) is 70.9 cm³/mol. The Hall–Kier alpha value is -2.40. The molecular formula is C13H13N5. The molecule has 1 atom stereocenters. The number of fused-ring (bicyclic) bond motifs is 1. The van der Waals surface area contributed by atoms with Crippen LogP contribution in [0.4, 0.5) is 5.69 Å². The fourth-order valence-electron chi connectivity index (χ4n) is 2.15. The highest BCUT2D eigenvalue weighted by Gasteiger charge is 2.34. The lowest BCUT2D eigenvalue weighted by atomic mass is 9.91. The van der Waals surface area contributed by atoms with Crippen LogP contribution in [-0.4, -0.2) is 10.9 Å². The number of pyridine rings is 1. The van der Waals surface area contributed by atoms with Crippen LogP contribution in [0.15, 0.2) is 53.8 Å². The molecule has 0 amide bonds. The van der Waals surface area contributed by atoms with Gasteiger partial charge in [0.1, 0.15) is 0 Å². The predicted octanol–water partition coefficient (Wildman–Crippen LogP) is 0.982. The second-order valence-electron chi connectivity index (χ2n) is 4.18. The van der Waals surface area contributed by atoms with E-state index in [1.807, 2.05) is 36.4 Å². The van der Waals surface area contributed by atoms with Crippen LogP contribution < -0.4 is 16.8 Å². The van der Waals surface area contributed by atoms with E-state index in [9.17, 15) is 0 Å². The zero-order valence-electron chi connectivity index (χ0n) is 9.67. The second-order valence-corrected chi connectivity index (χ2v) is 4.18. The van der Waals surface area contributed by atoms with Crippen LogP contribution >= 0.6 is 0 Å². The summed E-state index contributed by atoms with van der Waals surface area (Å²) in [5.74, 6) is 0.306. The highest BCUT2D eigenvalue weighted by molar-refractivity contribution is 5.96. The first-order valence-corrected chi connectivity index (χ1v) is 5.61. The quantitative estimate of drug-likeness (QED) is 0.692. The van der Waals surface area contributed by atoms with Crippen molar-refractivity contribution in [1.82, 2.24) is 4.98 Å². The van der Waals surface area contributed by atoms with Gasteiger partial charge in [-0.15, -0.1) is 0 Å². The molecule has 0 aliphatic carbocycles. The molecule has 0 spiro atoms. The Morgan fingerprint density at radius 2 is 1.94 bits per heavy atom. The number of anilines is 1. The third-order valence-corrected chi connectivity index (χ3v) is 3.00. The van der Waals surface area contributed by atoms with E-state index < -0.39 is 5.66 Å². The molecule has 5 N–H and O–H groups in total. The van der Waals surface area contributed by atoms with E-state index in [1.165, 1.54) is 0 Å². The Morgan fingerprint density at radius 1 is 1.11 bits per heavy atom. The van der Waals surface area contributed by atoms with Crippen LogP contribution in [-0.2, 0) is 5.66 Å². The van der Waals surface area contributed by atoms with Crippen LogP contribution in [0.1, 0.15) is 11.1 Å². The van der Waals surface area contributed by atoms with E-state index >= 15 is 0 Å². The van der Waals surface area contributed by atoms with Crippen LogP contribution in [0.25, 0.3) is 0 Å². The molecule has 2 heterocycles. The van der Waals surface area contributed by atoms with Gasteiger partial charge in [-0.3, -0.25) is 10.7 Å². The Labute approximate surface area is 105 Å². The number of hydrogen-bond acceptors (Lipinski definition) is 5. The first kappa shape index (κ1) is 10.7. The summed E-state index contributed by atoms with van der Waals surface area (Å²) in [5.41, 5.74) is 13.8. The summed E-state index contributed by atoms with van der Waals surface area (Å²) in [6.45, 7) is 0. The molecule has 0 radical (unpaired) electrons. The number of hydrogen-bond donors (Lipinski definition) is 3. The molecule has 3 rings (SSSR count). The van der Waals surface area contributed by atoms with Crippen molar-refractivity contribution < 1.29 is 0 Å². The van der Waals surface area contributed by atoms with Crippen molar-refractivity contribution in [2.24, 2.45) is 16.5 Å². The van der Waals surface area contributed by atoms with E-state index in [-0.39, 0.29) is 0 Å². The van der Waals surface area contributed by atoms with Crippen LogP contribution in [0.3, 0.4) is 0 Å². The van der Waals surface area contributed by atoms with Gasteiger partial charge in [-0.25, -0.2) is 4.99 Å². The Kier molecular flexibility index (Phi) is 2.28. The van der Waals surface area contributed by atoms with Gasteiger partial charge < -0.3 is 11.1 Å². The molecule has 5 heteroatoms. The second kappa shape index (κ2) is 3.82. The number of nitrogens with zero attached hydrogens (tertiary/aromatic N) is 2. The van der Waals surface area contributed by atoms with Crippen molar-refractivity contribution in [2.45, 2.75) is 5.66 Å². The summed E-state index contributed by atoms with van der Waals surface area (Å²) in [7, 11) is 0. The number of nitrogens with two attached hydrogens (primary N) is 2. The number of benzene rings is 1. The van der Waals surface area contributed by atoms with E-state index in [0.717, 1.165) is 16.8 Å². The normalized spacial score (nSPS) is 21.7. The summed E-state index contributed by atoms with van der Waals surface area (Å²) < 4.78 is 0. The topological polar surface area (TPSA) is 89.3 Å². The molecular weight excluding hydrogens is 226 g/mol. The lowest BCUT2D eigenvalue weighted by molar-refractivity contribution is 0.564. The lowest BCUT2D eigenvalue weighted by Gasteiger charge is -2.32. The largest absolute Gasteiger partial charge is 0.370 e. The Morgan fingerprint density at radius 3 is 2.72 bits per heavy atom. The maximum Gasteiger partial charge on any atom is 0.195 e. The molecule has 18 heavy (non-hydrogen) atoms. The first-order chi connectivity index (χ1) is 8.70. The third-order valence-electron chi connectivity index (χ3n) is 3.00. The summed E-state index contributed by atoms with van der Waals surface area (Å²) in [5, 5.41) is 3.01. The maximum atomic E-state index is 6.43. The van der Waals surface area contributed by atoms with Gasteiger partial charge in [-0.05, 0) is 12.1 Å². The fourth-order valence-corrected chi connectivity index (χ4v) is 2.15. The van der Waals surface area contributed by atoms with E-state index in [4.69, 9.17) is 11.5 Å². The standard InChI is InChI=1S/C13H13N5/c14-12-17-11-6-2-1-5-10(11)13(15,18-12)9-4-3-7-16-8-9/h1-8H,15H2,(H3,14,17,18). The van der Waals surface area contributed by atoms with Gasteiger partial charge in [0.25, 0.3) is 0 Å². The molecule has 1 aromatic carbocycles. The average molecular weight is 239 g/mol. The van der Waals surface area contributed by atoms with Crippen LogP contribution in [0, 0.1) is 0 Å². The number of nitrogens with one attached hydrogen (secondary N) is 1. The minimum Gasteiger partial charge on any atom is -0.370 e. The SMILES string of the molecule is NC1=NC(N)(c2cccnc2)c2ccccc2N1. The molecule has 0 saturated carbocycles. The smallest absolute Gasteiger partial charge is 0.195 e. The number of para-hydroxylation sites is 1. The monoisotopic (exact) mass is 239 g/mol.